The molecule has 1 aliphatic heterocycles. The Kier molecular flexibility index (Phi) is 6.89. The fourth-order valence-corrected chi connectivity index (χ4v) is 9.18. The van der Waals surface area contributed by atoms with Crippen molar-refractivity contribution in [2.24, 2.45) is 0 Å². The highest BCUT2D eigenvalue weighted by Gasteiger charge is 2.71. The lowest BCUT2D eigenvalue weighted by molar-refractivity contribution is 0.0829. The molecule has 0 fully saturated rings. The van der Waals surface area contributed by atoms with E-state index in [0.29, 0.717) is 74.2 Å². The molecular weight excluding hydrogens is 656 g/mol. The van der Waals surface area contributed by atoms with Crippen LogP contribution in [0.25, 0.3) is 5.57 Å². The molecule has 1 unspecified atom stereocenters. The van der Waals surface area contributed by atoms with Gasteiger partial charge in [-0.25, -0.2) is 0 Å². The summed E-state index contributed by atoms with van der Waals surface area (Å²) in [6, 6.07) is 31.2. The molecule has 0 saturated carbocycles. The van der Waals surface area contributed by atoms with Crippen LogP contribution in [0.5, 0.6) is 23.0 Å². The average Bonchev–Trinajstić information content (AvgIpc) is 3.73. The number of ketones is 3. The highest BCUT2D eigenvalue weighted by atomic mass is 16.5. The molecule has 5 aromatic rings. The molecule has 1 spiro atoms. The van der Waals surface area contributed by atoms with Crippen LogP contribution in [0.1, 0.15) is 59.2 Å². The number of hydrogen-bond donors (Lipinski definition) is 2. The number of ether oxygens (including phenoxy) is 4. The number of allylic oxidation sites excluding steroid dienone is 2. The lowest BCUT2D eigenvalue weighted by Crippen LogP contribution is -2.60. The van der Waals surface area contributed by atoms with Gasteiger partial charge in [-0.2, -0.15) is 0 Å². The first-order valence-corrected chi connectivity index (χ1v) is 17.0. The molecule has 0 saturated heterocycles. The quantitative estimate of drug-likeness (QED) is 0.182. The van der Waals surface area contributed by atoms with E-state index in [0.717, 1.165) is 11.1 Å². The van der Waals surface area contributed by atoms with E-state index in [4.69, 9.17) is 18.9 Å². The number of methoxy groups -OCH3 is 4. The van der Waals surface area contributed by atoms with Gasteiger partial charge in [-0.1, -0.05) is 72.8 Å². The zero-order chi connectivity index (χ0) is 35.9. The molecule has 9 rings (SSSR count). The van der Waals surface area contributed by atoms with Gasteiger partial charge in [0.25, 0.3) is 0 Å². The number of Topliss-reactive ketones (excluding diaryl/α,β-unsaturated/α-hetero) is 3. The second kappa shape index (κ2) is 11.3. The molecule has 3 aliphatic carbocycles. The van der Waals surface area contributed by atoms with E-state index in [9.17, 15) is 4.79 Å². The standard InChI is InChI=1S/C43H34N2O7/c1-49-25-17-24(18-26(19-25)50-2)44-37-35(29-13-7-8-14-30(29)38(37)46)43-36-33(20-27(51-3)21-34(36)52-4)45-42(22-23-11-5-6-12-28(23)40(42)47)39(43)31-15-9-10-16-32(31)41(43)48/h5-21,39,45H,22H2,1-4H3,(H,44,46)/t39?,42-,43+/m1/s1. The van der Waals surface area contributed by atoms with E-state index in [-0.39, 0.29) is 23.0 Å². The molecule has 9 heteroatoms. The monoisotopic (exact) mass is 690 g/mol. The third-order valence-electron chi connectivity index (χ3n) is 11.2. The number of anilines is 2. The molecule has 9 nitrogen and oxygen atoms in total. The Balaban J connectivity index is 1.44. The van der Waals surface area contributed by atoms with Gasteiger partial charge in [0, 0.05) is 81.9 Å². The Labute approximate surface area is 300 Å². The maximum absolute atomic E-state index is 15.9. The minimum Gasteiger partial charge on any atom is -0.497 e. The van der Waals surface area contributed by atoms with Crippen molar-refractivity contribution in [3.8, 4) is 23.0 Å². The highest BCUT2D eigenvalue weighted by molar-refractivity contribution is 6.31. The molecule has 0 amide bonds. The highest BCUT2D eigenvalue weighted by Crippen LogP contribution is 2.69. The van der Waals surface area contributed by atoms with Crippen molar-refractivity contribution in [2.75, 3.05) is 39.1 Å². The predicted octanol–water partition coefficient (Wildman–Crippen LogP) is 7.26. The van der Waals surface area contributed by atoms with E-state index in [1.807, 2.05) is 72.8 Å². The average molecular weight is 691 g/mol. The van der Waals surface area contributed by atoms with Crippen LogP contribution in [0.3, 0.4) is 0 Å². The van der Waals surface area contributed by atoms with Gasteiger partial charge in [-0.15, -0.1) is 0 Å². The molecule has 52 heavy (non-hydrogen) atoms. The van der Waals surface area contributed by atoms with Crippen LogP contribution < -0.4 is 29.6 Å². The second-order valence-electron chi connectivity index (χ2n) is 13.5. The number of carbonyl (C=O) groups excluding carboxylic acids is 3. The van der Waals surface area contributed by atoms with E-state index in [2.05, 4.69) is 10.6 Å². The minimum atomic E-state index is -1.63. The normalized spacial score (nSPS) is 21.9. The van der Waals surface area contributed by atoms with E-state index < -0.39 is 16.9 Å². The smallest absolute Gasteiger partial charge is 0.210 e. The van der Waals surface area contributed by atoms with Crippen molar-refractivity contribution in [1.29, 1.82) is 0 Å². The number of fused-ring (bicyclic) bond motifs is 8. The zero-order valence-electron chi connectivity index (χ0n) is 29.0. The maximum Gasteiger partial charge on any atom is 0.210 e. The van der Waals surface area contributed by atoms with Crippen LogP contribution in [0.2, 0.25) is 0 Å². The molecule has 1 heterocycles. The Morgan fingerprint density at radius 3 is 1.94 bits per heavy atom. The topological polar surface area (TPSA) is 112 Å². The van der Waals surface area contributed by atoms with Gasteiger partial charge in [-0.05, 0) is 16.7 Å². The van der Waals surface area contributed by atoms with Crippen molar-refractivity contribution in [1.82, 2.24) is 0 Å². The van der Waals surface area contributed by atoms with Crippen molar-refractivity contribution >= 4 is 34.3 Å². The van der Waals surface area contributed by atoms with Crippen LogP contribution in [0.15, 0.2) is 109 Å². The summed E-state index contributed by atoms with van der Waals surface area (Å²) in [4.78, 5) is 45.9. The number of nitrogens with one attached hydrogen (secondary N) is 2. The van der Waals surface area contributed by atoms with Crippen molar-refractivity contribution in [3.63, 3.8) is 0 Å². The maximum atomic E-state index is 15.9. The van der Waals surface area contributed by atoms with Crippen LogP contribution in [0.4, 0.5) is 11.4 Å². The van der Waals surface area contributed by atoms with Gasteiger partial charge >= 0.3 is 0 Å². The first-order chi connectivity index (χ1) is 25.3. The fourth-order valence-electron chi connectivity index (χ4n) is 9.18. The van der Waals surface area contributed by atoms with Crippen molar-refractivity contribution in [3.05, 3.63) is 148 Å². The molecule has 2 N–H and O–H groups in total. The lowest BCUT2D eigenvalue weighted by atomic mass is 9.54. The van der Waals surface area contributed by atoms with Crippen LogP contribution in [-0.2, 0) is 11.8 Å². The number of rotatable bonds is 7. The second-order valence-corrected chi connectivity index (χ2v) is 13.5. The molecule has 5 aromatic carbocycles. The van der Waals surface area contributed by atoms with Gasteiger partial charge < -0.3 is 29.6 Å². The molecule has 4 aliphatic rings. The third-order valence-corrected chi connectivity index (χ3v) is 11.2. The summed E-state index contributed by atoms with van der Waals surface area (Å²) in [6.07, 6.45) is 0.313. The van der Waals surface area contributed by atoms with Gasteiger partial charge in [0.15, 0.2) is 11.6 Å². The van der Waals surface area contributed by atoms with Crippen LogP contribution in [0, 0.1) is 0 Å². The van der Waals surface area contributed by atoms with Gasteiger partial charge in [0.1, 0.15) is 34.0 Å². The van der Waals surface area contributed by atoms with E-state index >= 15 is 9.59 Å². The molecule has 258 valence electrons. The molecule has 0 bridgehead atoms. The molecular formula is C43H34N2O7. The zero-order valence-corrected chi connectivity index (χ0v) is 29.0. The van der Waals surface area contributed by atoms with Crippen molar-refractivity contribution in [2.45, 2.75) is 23.3 Å². The molecule has 0 aromatic heterocycles. The van der Waals surface area contributed by atoms with Gasteiger partial charge in [0.2, 0.25) is 5.78 Å². The largest absolute Gasteiger partial charge is 0.497 e. The van der Waals surface area contributed by atoms with Crippen LogP contribution >= 0.6 is 0 Å². The summed E-state index contributed by atoms with van der Waals surface area (Å²) in [6.45, 7) is 0. The van der Waals surface area contributed by atoms with Gasteiger partial charge in [0.05, 0.1) is 34.1 Å². The van der Waals surface area contributed by atoms with E-state index in [1.165, 1.54) is 0 Å². The summed E-state index contributed by atoms with van der Waals surface area (Å²) in [7, 11) is 6.22. The molecule has 0 radical (unpaired) electrons. The summed E-state index contributed by atoms with van der Waals surface area (Å²) in [5.41, 5.74) is 3.00. The third kappa shape index (κ3) is 4.01. The number of carbonyl (C=O) groups is 3. The first kappa shape index (κ1) is 31.6. The van der Waals surface area contributed by atoms with E-state index in [1.54, 1.807) is 58.8 Å². The summed E-state index contributed by atoms with van der Waals surface area (Å²) in [5, 5.41) is 7.14. The van der Waals surface area contributed by atoms with Gasteiger partial charge in [-0.3, -0.25) is 14.4 Å². The fraction of sp³-hybridized carbons (Fsp3) is 0.186. The Morgan fingerprint density at radius 2 is 1.27 bits per heavy atom. The summed E-state index contributed by atoms with van der Waals surface area (Å²) >= 11 is 0. The van der Waals surface area contributed by atoms with Crippen LogP contribution in [-0.4, -0.2) is 51.3 Å². The Hall–Kier alpha value is -6.35. The van der Waals surface area contributed by atoms with Crippen molar-refractivity contribution < 1.29 is 33.3 Å². The minimum absolute atomic E-state index is 0.125. The summed E-state index contributed by atoms with van der Waals surface area (Å²) in [5.74, 6) is 0.456. The first-order valence-electron chi connectivity index (χ1n) is 17.0. The summed E-state index contributed by atoms with van der Waals surface area (Å²) < 4.78 is 23.0. The Morgan fingerprint density at radius 1 is 0.654 bits per heavy atom. The number of benzene rings is 5. The SMILES string of the molecule is COc1cc(NC2=C([C@@]34C(=O)c5ccccc5C3[C@@]3(Cc5ccccc5C3=O)Nc3cc(OC)cc(OC)c34)c3ccccc3C2=O)cc(OC)c1. The molecule has 3 atom stereocenters. The predicted molar refractivity (Wildman–Crippen MR) is 196 cm³/mol. The Bertz CT molecular complexity index is 2410. The number of hydrogen-bond acceptors (Lipinski definition) is 9. The lowest BCUT2D eigenvalue weighted by Gasteiger charge is -2.51.